The molecular formula is C13H24N2OS. The standard InChI is InChI=1S/C13H24N2OS/c1-15(11-6-4-5-10(11)9-14)13(16)12-7-2-3-8-17-12/h10-12H,2-9,14H2,1H3. The predicted molar refractivity (Wildman–Crippen MR) is 73.1 cm³/mol. The monoisotopic (exact) mass is 256 g/mol. The highest BCUT2D eigenvalue weighted by molar-refractivity contribution is 8.00. The van der Waals surface area contributed by atoms with Gasteiger partial charge in [0.25, 0.3) is 0 Å². The van der Waals surface area contributed by atoms with Gasteiger partial charge in [0, 0.05) is 13.1 Å². The van der Waals surface area contributed by atoms with Gasteiger partial charge in [-0.15, -0.1) is 11.8 Å². The molecule has 2 rings (SSSR count). The van der Waals surface area contributed by atoms with E-state index in [0.29, 0.717) is 17.9 Å². The van der Waals surface area contributed by atoms with Gasteiger partial charge in [-0.1, -0.05) is 12.8 Å². The average Bonchev–Trinajstić information content (AvgIpc) is 2.86. The molecule has 1 heterocycles. The van der Waals surface area contributed by atoms with Crippen LogP contribution < -0.4 is 5.73 Å². The lowest BCUT2D eigenvalue weighted by molar-refractivity contribution is -0.132. The Bertz CT molecular complexity index is 266. The fourth-order valence-corrected chi connectivity index (χ4v) is 4.43. The molecule has 0 spiro atoms. The molecule has 0 aromatic heterocycles. The number of amides is 1. The van der Waals surface area contributed by atoms with Crippen LogP contribution in [0.2, 0.25) is 0 Å². The highest BCUT2D eigenvalue weighted by atomic mass is 32.2. The maximum absolute atomic E-state index is 12.4. The van der Waals surface area contributed by atoms with Crippen LogP contribution in [0.5, 0.6) is 0 Å². The molecule has 2 N–H and O–H groups in total. The molecule has 0 bridgehead atoms. The summed E-state index contributed by atoms with van der Waals surface area (Å²) in [6, 6.07) is 0.398. The summed E-state index contributed by atoms with van der Waals surface area (Å²) in [4.78, 5) is 14.4. The third-order valence-corrected chi connectivity index (χ3v) is 5.59. The van der Waals surface area contributed by atoms with Gasteiger partial charge in [0.1, 0.15) is 0 Å². The summed E-state index contributed by atoms with van der Waals surface area (Å²) in [6.45, 7) is 0.722. The van der Waals surface area contributed by atoms with E-state index < -0.39 is 0 Å². The molecule has 17 heavy (non-hydrogen) atoms. The summed E-state index contributed by atoms with van der Waals surface area (Å²) < 4.78 is 0. The van der Waals surface area contributed by atoms with Crippen LogP contribution in [0.15, 0.2) is 0 Å². The number of nitrogens with two attached hydrogens (primary N) is 1. The highest BCUT2D eigenvalue weighted by Gasteiger charge is 2.34. The van der Waals surface area contributed by atoms with E-state index >= 15 is 0 Å². The molecule has 98 valence electrons. The Morgan fingerprint density at radius 3 is 2.76 bits per heavy atom. The molecule has 1 aliphatic heterocycles. The van der Waals surface area contributed by atoms with Gasteiger partial charge in [0.2, 0.25) is 5.91 Å². The summed E-state index contributed by atoms with van der Waals surface area (Å²) in [5, 5.41) is 0.216. The first-order chi connectivity index (χ1) is 8.24. The molecule has 2 aliphatic rings. The summed E-state index contributed by atoms with van der Waals surface area (Å²) in [5.74, 6) is 2.02. The van der Waals surface area contributed by atoms with Gasteiger partial charge < -0.3 is 10.6 Å². The van der Waals surface area contributed by atoms with Crippen LogP contribution >= 0.6 is 11.8 Å². The number of rotatable bonds is 3. The first kappa shape index (κ1) is 13.2. The number of hydrogen-bond donors (Lipinski definition) is 1. The molecule has 3 atom stereocenters. The second-order valence-corrected chi connectivity index (χ2v) is 6.61. The lowest BCUT2D eigenvalue weighted by Crippen LogP contribution is -2.45. The van der Waals surface area contributed by atoms with E-state index in [0.717, 1.165) is 25.1 Å². The minimum atomic E-state index is 0.216. The Kier molecular flexibility index (Phi) is 4.74. The quantitative estimate of drug-likeness (QED) is 0.838. The normalized spacial score (nSPS) is 33.6. The zero-order chi connectivity index (χ0) is 12.3. The van der Waals surface area contributed by atoms with Gasteiger partial charge in [0.05, 0.1) is 5.25 Å². The van der Waals surface area contributed by atoms with E-state index in [1.807, 2.05) is 23.7 Å². The Balaban J connectivity index is 1.93. The van der Waals surface area contributed by atoms with E-state index in [2.05, 4.69) is 0 Å². The molecule has 1 aliphatic carbocycles. The lowest BCUT2D eigenvalue weighted by atomic mass is 10.0. The van der Waals surface area contributed by atoms with Crippen molar-refractivity contribution in [1.29, 1.82) is 0 Å². The topological polar surface area (TPSA) is 46.3 Å². The van der Waals surface area contributed by atoms with Gasteiger partial charge in [-0.05, 0) is 43.9 Å². The number of carbonyl (C=O) groups excluding carboxylic acids is 1. The van der Waals surface area contributed by atoms with Crippen molar-refractivity contribution in [3.63, 3.8) is 0 Å². The molecule has 0 radical (unpaired) electrons. The third kappa shape index (κ3) is 2.97. The highest BCUT2D eigenvalue weighted by Crippen LogP contribution is 2.32. The van der Waals surface area contributed by atoms with Crippen LogP contribution in [-0.2, 0) is 4.79 Å². The molecule has 1 amide bonds. The van der Waals surface area contributed by atoms with Gasteiger partial charge in [-0.25, -0.2) is 0 Å². The van der Waals surface area contributed by atoms with Crippen molar-refractivity contribution in [3.05, 3.63) is 0 Å². The van der Waals surface area contributed by atoms with E-state index in [4.69, 9.17) is 5.73 Å². The minimum Gasteiger partial charge on any atom is -0.341 e. The zero-order valence-electron chi connectivity index (χ0n) is 10.7. The first-order valence-corrected chi connectivity index (χ1v) is 7.87. The van der Waals surface area contributed by atoms with Gasteiger partial charge >= 0.3 is 0 Å². The maximum atomic E-state index is 12.4. The van der Waals surface area contributed by atoms with Gasteiger partial charge in [0.15, 0.2) is 0 Å². The van der Waals surface area contributed by atoms with Crippen molar-refractivity contribution in [3.8, 4) is 0 Å². The number of thioether (sulfide) groups is 1. The van der Waals surface area contributed by atoms with Crippen LogP contribution in [-0.4, -0.2) is 41.4 Å². The van der Waals surface area contributed by atoms with E-state index in [1.165, 1.54) is 25.7 Å². The summed E-state index contributed by atoms with van der Waals surface area (Å²) >= 11 is 1.84. The molecule has 1 saturated heterocycles. The van der Waals surface area contributed by atoms with Gasteiger partial charge in [-0.3, -0.25) is 4.79 Å². The maximum Gasteiger partial charge on any atom is 0.235 e. The molecular weight excluding hydrogens is 232 g/mol. The van der Waals surface area contributed by atoms with Crippen molar-refractivity contribution in [1.82, 2.24) is 4.90 Å². The van der Waals surface area contributed by atoms with Crippen molar-refractivity contribution in [2.24, 2.45) is 11.7 Å². The molecule has 2 fully saturated rings. The predicted octanol–water partition coefficient (Wildman–Crippen LogP) is 1.86. The van der Waals surface area contributed by atoms with Crippen LogP contribution in [0.1, 0.15) is 38.5 Å². The molecule has 0 aromatic rings. The first-order valence-electron chi connectivity index (χ1n) is 6.82. The van der Waals surface area contributed by atoms with Crippen LogP contribution in [0.3, 0.4) is 0 Å². The fraction of sp³-hybridized carbons (Fsp3) is 0.923. The average molecular weight is 256 g/mol. The van der Waals surface area contributed by atoms with Crippen LogP contribution in [0.25, 0.3) is 0 Å². The molecule has 1 saturated carbocycles. The fourth-order valence-electron chi connectivity index (χ4n) is 3.13. The van der Waals surface area contributed by atoms with Crippen LogP contribution in [0, 0.1) is 5.92 Å². The molecule has 0 aromatic carbocycles. The Labute approximate surface area is 108 Å². The summed E-state index contributed by atoms with van der Waals surface area (Å²) in [7, 11) is 1.98. The second-order valence-electron chi connectivity index (χ2n) is 5.30. The van der Waals surface area contributed by atoms with Crippen LogP contribution in [0.4, 0.5) is 0 Å². The van der Waals surface area contributed by atoms with Crippen molar-refractivity contribution in [2.45, 2.75) is 49.8 Å². The van der Waals surface area contributed by atoms with Crippen molar-refractivity contribution >= 4 is 17.7 Å². The molecule has 4 heteroatoms. The third-order valence-electron chi connectivity index (χ3n) is 4.22. The summed E-state index contributed by atoms with van der Waals surface area (Å²) in [5.41, 5.74) is 5.80. The van der Waals surface area contributed by atoms with Crippen molar-refractivity contribution in [2.75, 3.05) is 19.3 Å². The Morgan fingerprint density at radius 2 is 2.12 bits per heavy atom. The Hall–Kier alpha value is -0.220. The number of hydrogen-bond acceptors (Lipinski definition) is 3. The molecule has 3 nitrogen and oxygen atoms in total. The summed E-state index contributed by atoms with van der Waals surface area (Å²) in [6.07, 6.45) is 7.10. The number of nitrogens with zero attached hydrogens (tertiary/aromatic N) is 1. The minimum absolute atomic E-state index is 0.216. The van der Waals surface area contributed by atoms with E-state index in [1.54, 1.807) is 0 Å². The smallest absolute Gasteiger partial charge is 0.235 e. The molecule has 3 unspecified atom stereocenters. The van der Waals surface area contributed by atoms with E-state index in [-0.39, 0.29) is 5.25 Å². The second kappa shape index (κ2) is 6.10. The van der Waals surface area contributed by atoms with E-state index in [9.17, 15) is 4.79 Å². The number of carbonyl (C=O) groups is 1. The lowest BCUT2D eigenvalue weighted by Gasteiger charge is -2.33. The Morgan fingerprint density at radius 1 is 1.29 bits per heavy atom. The largest absolute Gasteiger partial charge is 0.341 e. The van der Waals surface area contributed by atoms with Crippen molar-refractivity contribution < 1.29 is 4.79 Å². The zero-order valence-corrected chi connectivity index (χ0v) is 11.5. The van der Waals surface area contributed by atoms with Gasteiger partial charge in [-0.2, -0.15) is 0 Å². The SMILES string of the molecule is CN(C(=O)C1CCCCS1)C1CCCC1CN.